The van der Waals surface area contributed by atoms with E-state index in [9.17, 15) is 0 Å². The second kappa shape index (κ2) is 1.29. The van der Waals surface area contributed by atoms with Gasteiger partial charge in [0.1, 0.15) is 0 Å². The van der Waals surface area contributed by atoms with E-state index >= 15 is 0 Å². The van der Waals surface area contributed by atoms with Gasteiger partial charge in [0.15, 0.2) is 0 Å². The highest BCUT2D eigenvalue weighted by molar-refractivity contribution is 14.1. The van der Waals surface area contributed by atoms with Crippen molar-refractivity contribution in [3.63, 3.8) is 0 Å². The van der Waals surface area contributed by atoms with Crippen molar-refractivity contribution in [2.75, 3.05) is 0 Å². The van der Waals surface area contributed by atoms with Gasteiger partial charge in [0, 0.05) is 9.30 Å². The Morgan fingerprint density at radius 2 is 2.29 bits per heavy atom. The molecular formula is C5H6ClI. The Morgan fingerprint density at radius 1 is 1.57 bits per heavy atom. The summed E-state index contributed by atoms with van der Waals surface area (Å²) in [5.41, 5.74) is 0. The lowest BCUT2D eigenvalue weighted by Crippen LogP contribution is -2.14. The maximum Gasteiger partial charge on any atom is 0.0380 e. The Hall–Kier alpha value is 1.02. The molecule has 2 rings (SSSR count). The lowest BCUT2D eigenvalue weighted by atomic mass is 10.0. The molecule has 0 spiro atoms. The Balaban J connectivity index is 2.05. The van der Waals surface area contributed by atoms with E-state index in [4.69, 9.17) is 11.6 Å². The summed E-state index contributed by atoms with van der Waals surface area (Å²) < 4.78 is 0.945. The van der Waals surface area contributed by atoms with E-state index in [1.165, 1.54) is 6.42 Å². The van der Waals surface area contributed by atoms with Gasteiger partial charge in [-0.25, -0.2) is 0 Å². The Morgan fingerprint density at radius 3 is 2.29 bits per heavy atom. The van der Waals surface area contributed by atoms with Crippen LogP contribution in [-0.4, -0.2) is 9.30 Å². The van der Waals surface area contributed by atoms with Crippen molar-refractivity contribution in [2.45, 2.75) is 15.7 Å². The summed E-state index contributed by atoms with van der Waals surface area (Å²) in [6.45, 7) is 0. The molecule has 0 amide bonds. The first kappa shape index (κ1) is 4.86. The predicted octanol–water partition coefficient (Wildman–Crippen LogP) is 2.05. The van der Waals surface area contributed by atoms with Crippen molar-refractivity contribution in [1.82, 2.24) is 0 Å². The molecule has 0 nitrogen and oxygen atoms in total. The zero-order valence-corrected chi connectivity index (χ0v) is 6.69. The van der Waals surface area contributed by atoms with Gasteiger partial charge in [-0.1, -0.05) is 22.6 Å². The van der Waals surface area contributed by atoms with Crippen LogP contribution in [0.2, 0.25) is 0 Å². The van der Waals surface area contributed by atoms with Gasteiger partial charge in [-0.15, -0.1) is 11.6 Å². The highest BCUT2D eigenvalue weighted by Gasteiger charge is 2.61. The zero-order chi connectivity index (χ0) is 5.02. The Bertz CT molecular complexity index is 93.5. The van der Waals surface area contributed by atoms with Gasteiger partial charge in [-0.2, -0.15) is 0 Å². The van der Waals surface area contributed by atoms with Crippen LogP contribution in [0.15, 0.2) is 0 Å². The SMILES string of the molecule is ClC1CC2C(I)C12. The van der Waals surface area contributed by atoms with Crippen LogP contribution in [0, 0.1) is 11.8 Å². The van der Waals surface area contributed by atoms with Crippen molar-refractivity contribution in [2.24, 2.45) is 11.8 Å². The summed E-state index contributed by atoms with van der Waals surface area (Å²) in [5, 5.41) is 0.548. The Labute approximate surface area is 61.8 Å². The first-order valence-corrected chi connectivity index (χ1v) is 4.27. The smallest absolute Gasteiger partial charge is 0.0380 e. The van der Waals surface area contributed by atoms with Gasteiger partial charge in [0.05, 0.1) is 0 Å². The van der Waals surface area contributed by atoms with Crippen LogP contribution in [0.5, 0.6) is 0 Å². The number of hydrogen-bond acceptors (Lipinski definition) is 0. The summed E-state index contributed by atoms with van der Waals surface area (Å²) in [7, 11) is 0. The molecule has 4 unspecified atom stereocenters. The number of rotatable bonds is 0. The van der Waals surface area contributed by atoms with Crippen LogP contribution >= 0.6 is 34.2 Å². The molecule has 4 atom stereocenters. The van der Waals surface area contributed by atoms with Crippen molar-refractivity contribution in [3.05, 3.63) is 0 Å². The van der Waals surface area contributed by atoms with Gasteiger partial charge < -0.3 is 0 Å². The number of halogens is 2. The first-order valence-electron chi connectivity index (χ1n) is 2.59. The molecule has 0 aromatic heterocycles. The summed E-state index contributed by atoms with van der Waals surface area (Å²) in [5.74, 6) is 1.95. The molecule has 0 N–H and O–H groups in total. The standard InChI is InChI=1S/C5H6ClI/c6-3-1-2-4(3)5(2)7/h2-5H,1H2. The van der Waals surface area contributed by atoms with E-state index in [0.717, 1.165) is 15.8 Å². The first-order chi connectivity index (χ1) is 3.30. The minimum atomic E-state index is 0.548. The van der Waals surface area contributed by atoms with E-state index in [1.807, 2.05) is 0 Å². The largest absolute Gasteiger partial charge is 0.123 e. The predicted molar refractivity (Wildman–Crippen MR) is 39.0 cm³/mol. The molecule has 2 heteroatoms. The van der Waals surface area contributed by atoms with Crippen LogP contribution in [0.4, 0.5) is 0 Å². The van der Waals surface area contributed by atoms with Crippen LogP contribution in [0.25, 0.3) is 0 Å². The van der Waals surface area contributed by atoms with Crippen molar-refractivity contribution in [1.29, 1.82) is 0 Å². The average Bonchev–Trinajstić information content (AvgIpc) is 2.07. The van der Waals surface area contributed by atoms with Crippen LogP contribution < -0.4 is 0 Å². The highest BCUT2D eigenvalue weighted by Crippen LogP contribution is 2.62. The molecule has 2 fully saturated rings. The minimum absolute atomic E-state index is 0.548. The molecule has 2 saturated carbocycles. The third-order valence-electron chi connectivity index (χ3n) is 2.05. The van der Waals surface area contributed by atoms with E-state index in [2.05, 4.69) is 22.6 Å². The zero-order valence-electron chi connectivity index (χ0n) is 3.77. The summed E-state index contributed by atoms with van der Waals surface area (Å²) in [6, 6.07) is 0. The van der Waals surface area contributed by atoms with Crippen LogP contribution in [0.1, 0.15) is 6.42 Å². The molecule has 0 bridgehead atoms. The topological polar surface area (TPSA) is 0 Å². The van der Waals surface area contributed by atoms with Gasteiger partial charge in [-0.3, -0.25) is 0 Å². The molecule has 0 radical (unpaired) electrons. The van der Waals surface area contributed by atoms with E-state index in [0.29, 0.717) is 5.38 Å². The number of fused-ring (bicyclic) bond motifs is 1. The fourth-order valence-corrected chi connectivity index (χ4v) is 3.70. The molecule has 2 aliphatic rings. The maximum absolute atomic E-state index is 5.83. The van der Waals surface area contributed by atoms with Crippen molar-refractivity contribution in [3.8, 4) is 0 Å². The van der Waals surface area contributed by atoms with Gasteiger partial charge in [-0.05, 0) is 18.3 Å². The van der Waals surface area contributed by atoms with Gasteiger partial charge >= 0.3 is 0 Å². The molecule has 0 saturated heterocycles. The van der Waals surface area contributed by atoms with E-state index in [-0.39, 0.29) is 0 Å². The summed E-state index contributed by atoms with van der Waals surface area (Å²) >= 11 is 8.33. The number of hydrogen-bond donors (Lipinski definition) is 0. The van der Waals surface area contributed by atoms with E-state index in [1.54, 1.807) is 0 Å². The summed E-state index contributed by atoms with van der Waals surface area (Å²) in [4.78, 5) is 0. The molecule has 7 heavy (non-hydrogen) atoms. The van der Waals surface area contributed by atoms with Crippen molar-refractivity contribution >= 4 is 34.2 Å². The molecule has 0 heterocycles. The average molecular weight is 228 g/mol. The molecule has 40 valence electrons. The Kier molecular flexibility index (Phi) is 0.898. The second-order valence-electron chi connectivity index (χ2n) is 2.44. The highest BCUT2D eigenvalue weighted by atomic mass is 127. The lowest BCUT2D eigenvalue weighted by Gasteiger charge is -2.15. The van der Waals surface area contributed by atoms with Crippen molar-refractivity contribution < 1.29 is 0 Å². The second-order valence-corrected chi connectivity index (χ2v) is 4.44. The normalized spacial score (nSPS) is 66.0. The molecule has 0 aliphatic heterocycles. The van der Waals surface area contributed by atoms with Gasteiger partial charge in [0.2, 0.25) is 0 Å². The number of alkyl halides is 2. The maximum atomic E-state index is 5.83. The summed E-state index contributed by atoms with van der Waals surface area (Å²) in [6.07, 6.45) is 1.29. The van der Waals surface area contributed by atoms with Crippen LogP contribution in [0.3, 0.4) is 0 Å². The van der Waals surface area contributed by atoms with Gasteiger partial charge in [0.25, 0.3) is 0 Å². The lowest BCUT2D eigenvalue weighted by molar-refractivity contribution is 0.478. The molecular weight excluding hydrogens is 222 g/mol. The van der Waals surface area contributed by atoms with E-state index < -0.39 is 0 Å². The molecule has 2 aliphatic carbocycles. The monoisotopic (exact) mass is 228 g/mol. The van der Waals surface area contributed by atoms with Crippen LogP contribution in [-0.2, 0) is 0 Å². The fourth-order valence-electron chi connectivity index (χ4n) is 1.33. The fraction of sp³-hybridized carbons (Fsp3) is 1.00. The molecule has 0 aromatic carbocycles. The quantitative estimate of drug-likeness (QED) is 0.440. The third kappa shape index (κ3) is 0.489. The molecule has 0 aromatic rings. The third-order valence-corrected chi connectivity index (χ3v) is 4.27. The minimum Gasteiger partial charge on any atom is -0.123 e.